The lowest BCUT2D eigenvalue weighted by Crippen LogP contribution is -2.01. The third-order valence-electron chi connectivity index (χ3n) is 2.36. The highest BCUT2D eigenvalue weighted by Gasteiger charge is 1.99. The molecule has 0 bridgehead atoms. The van der Waals surface area contributed by atoms with E-state index in [4.69, 9.17) is 4.74 Å². The van der Waals surface area contributed by atoms with Gasteiger partial charge in [-0.15, -0.1) is 0 Å². The summed E-state index contributed by atoms with van der Waals surface area (Å²) < 4.78 is 5.49. The average molecular weight is 214 g/mol. The lowest BCUT2D eigenvalue weighted by Gasteiger charge is -2.07. The van der Waals surface area contributed by atoms with Gasteiger partial charge < -0.3 is 9.84 Å². The SMILES string of the molecule is Oc1ccccc1OCCc1ccccc1. The Kier molecular flexibility index (Phi) is 3.44. The molecule has 2 aromatic rings. The first-order valence-corrected chi connectivity index (χ1v) is 5.31. The van der Waals surface area contributed by atoms with Crippen molar-refractivity contribution in [2.24, 2.45) is 0 Å². The van der Waals surface area contributed by atoms with Crippen molar-refractivity contribution in [2.45, 2.75) is 6.42 Å². The summed E-state index contributed by atoms with van der Waals surface area (Å²) in [6.07, 6.45) is 0.842. The first-order chi connectivity index (χ1) is 7.86. The molecule has 2 nitrogen and oxygen atoms in total. The van der Waals surface area contributed by atoms with Gasteiger partial charge in [0.1, 0.15) is 0 Å². The summed E-state index contributed by atoms with van der Waals surface area (Å²) in [4.78, 5) is 0. The fourth-order valence-electron chi connectivity index (χ4n) is 1.50. The van der Waals surface area contributed by atoms with E-state index >= 15 is 0 Å². The van der Waals surface area contributed by atoms with E-state index in [0.717, 1.165) is 6.42 Å². The Morgan fingerprint density at radius 1 is 0.875 bits per heavy atom. The first kappa shape index (κ1) is 10.6. The van der Waals surface area contributed by atoms with Crippen LogP contribution in [0, 0.1) is 0 Å². The highest BCUT2D eigenvalue weighted by Crippen LogP contribution is 2.24. The van der Waals surface area contributed by atoms with Crippen LogP contribution in [0.25, 0.3) is 0 Å². The van der Waals surface area contributed by atoms with E-state index < -0.39 is 0 Å². The van der Waals surface area contributed by atoms with E-state index in [2.05, 4.69) is 12.1 Å². The Morgan fingerprint density at radius 2 is 1.56 bits per heavy atom. The van der Waals surface area contributed by atoms with Crippen LogP contribution in [0.3, 0.4) is 0 Å². The van der Waals surface area contributed by atoms with Crippen LogP contribution in [0.4, 0.5) is 0 Å². The van der Waals surface area contributed by atoms with E-state index in [1.165, 1.54) is 5.56 Å². The Balaban J connectivity index is 1.87. The summed E-state index contributed by atoms with van der Waals surface area (Å²) in [5.41, 5.74) is 1.23. The second-order valence-corrected chi connectivity index (χ2v) is 3.55. The Labute approximate surface area is 95.1 Å². The van der Waals surface area contributed by atoms with E-state index in [-0.39, 0.29) is 5.75 Å². The zero-order valence-corrected chi connectivity index (χ0v) is 8.97. The number of benzene rings is 2. The van der Waals surface area contributed by atoms with Gasteiger partial charge in [-0.3, -0.25) is 0 Å². The molecule has 1 N–H and O–H groups in total. The number of phenols is 1. The minimum atomic E-state index is 0.190. The summed E-state index contributed by atoms with van der Waals surface area (Å²) >= 11 is 0. The number of rotatable bonds is 4. The van der Waals surface area contributed by atoms with Gasteiger partial charge in [0.2, 0.25) is 0 Å². The maximum absolute atomic E-state index is 9.48. The molecule has 0 amide bonds. The second kappa shape index (κ2) is 5.21. The third kappa shape index (κ3) is 2.76. The number of hydrogen-bond acceptors (Lipinski definition) is 2. The Morgan fingerprint density at radius 3 is 2.31 bits per heavy atom. The zero-order chi connectivity index (χ0) is 11.2. The van der Waals surface area contributed by atoms with Crippen LogP contribution in [0.1, 0.15) is 5.56 Å². The Hall–Kier alpha value is -1.96. The first-order valence-electron chi connectivity index (χ1n) is 5.31. The van der Waals surface area contributed by atoms with Gasteiger partial charge in [-0.1, -0.05) is 42.5 Å². The molecule has 0 unspecified atom stereocenters. The van der Waals surface area contributed by atoms with Crippen molar-refractivity contribution in [3.8, 4) is 11.5 Å². The molecule has 16 heavy (non-hydrogen) atoms. The summed E-state index contributed by atoms with van der Waals surface area (Å²) in [7, 11) is 0. The molecule has 0 saturated carbocycles. The molecule has 2 heteroatoms. The van der Waals surface area contributed by atoms with Gasteiger partial charge in [0.05, 0.1) is 6.61 Å². The normalized spacial score (nSPS) is 10.0. The van der Waals surface area contributed by atoms with Crippen molar-refractivity contribution >= 4 is 0 Å². The zero-order valence-electron chi connectivity index (χ0n) is 8.97. The van der Waals surface area contributed by atoms with Crippen molar-refractivity contribution in [3.63, 3.8) is 0 Å². The van der Waals surface area contributed by atoms with Crippen molar-refractivity contribution in [1.29, 1.82) is 0 Å². The average Bonchev–Trinajstić information content (AvgIpc) is 2.33. The topological polar surface area (TPSA) is 29.5 Å². The number of ether oxygens (including phenoxy) is 1. The van der Waals surface area contributed by atoms with Crippen LogP contribution >= 0.6 is 0 Å². The van der Waals surface area contributed by atoms with Crippen LogP contribution in [0.15, 0.2) is 54.6 Å². The molecule has 0 aromatic heterocycles. The second-order valence-electron chi connectivity index (χ2n) is 3.55. The van der Waals surface area contributed by atoms with Crippen LogP contribution < -0.4 is 4.74 Å². The lowest BCUT2D eigenvalue weighted by atomic mass is 10.2. The van der Waals surface area contributed by atoms with Crippen LogP contribution in [0.5, 0.6) is 11.5 Å². The molecular weight excluding hydrogens is 200 g/mol. The maximum atomic E-state index is 9.48. The van der Waals surface area contributed by atoms with Crippen molar-refractivity contribution in [3.05, 3.63) is 60.2 Å². The standard InChI is InChI=1S/C14H14O2/c15-13-8-4-5-9-14(13)16-11-10-12-6-2-1-3-7-12/h1-9,15H,10-11H2. The Bertz CT molecular complexity index is 437. The maximum Gasteiger partial charge on any atom is 0.160 e. The molecule has 0 fully saturated rings. The summed E-state index contributed by atoms with van der Waals surface area (Å²) in [6, 6.07) is 17.1. The molecule has 82 valence electrons. The predicted octanol–water partition coefficient (Wildman–Crippen LogP) is 3.01. The highest BCUT2D eigenvalue weighted by molar-refractivity contribution is 5.37. The summed E-state index contributed by atoms with van der Waals surface area (Å²) in [5, 5.41) is 9.48. The fourth-order valence-corrected chi connectivity index (χ4v) is 1.50. The van der Waals surface area contributed by atoms with Gasteiger partial charge >= 0.3 is 0 Å². The van der Waals surface area contributed by atoms with Crippen LogP contribution in [-0.4, -0.2) is 11.7 Å². The minimum Gasteiger partial charge on any atom is -0.504 e. The van der Waals surface area contributed by atoms with Crippen LogP contribution in [0.2, 0.25) is 0 Å². The largest absolute Gasteiger partial charge is 0.504 e. The van der Waals surface area contributed by atoms with Gasteiger partial charge in [0.15, 0.2) is 11.5 Å². The van der Waals surface area contributed by atoms with Gasteiger partial charge in [-0.05, 0) is 17.7 Å². The number of aromatic hydroxyl groups is 1. The molecule has 0 aliphatic rings. The summed E-state index contributed by atoms with van der Waals surface area (Å²) in [6.45, 7) is 0.571. The molecule has 0 aliphatic heterocycles. The van der Waals surface area contributed by atoms with Crippen molar-refractivity contribution in [1.82, 2.24) is 0 Å². The molecule has 0 saturated heterocycles. The molecule has 2 rings (SSSR count). The number of para-hydroxylation sites is 2. The monoisotopic (exact) mass is 214 g/mol. The van der Waals surface area contributed by atoms with Crippen molar-refractivity contribution in [2.75, 3.05) is 6.61 Å². The third-order valence-corrected chi connectivity index (χ3v) is 2.36. The smallest absolute Gasteiger partial charge is 0.160 e. The molecule has 2 aromatic carbocycles. The summed E-state index contributed by atoms with van der Waals surface area (Å²) in [5.74, 6) is 0.731. The molecule has 0 radical (unpaired) electrons. The lowest BCUT2D eigenvalue weighted by molar-refractivity contribution is 0.303. The molecule has 0 heterocycles. The predicted molar refractivity (Wildman–Crippen MR) is 63.7 cm³/mol. The van der Waals surface area contributed by atoms with Gasteiger partial charge in [0, 0.05) is 6.42 Å². The minimum absolute atomic E-state index is 0.190. The van der Waals surface area contributed by atoms with Gasteiger partial charge in [-0.2, -0.15) is 0 Å². The molecular formula is C14H14O2. The fraction of sp³-hybridized carbons (Fsp3) is 0.143. The van der Waals surface area contributed by atoms with Crippen molar-refractivity contribution < 1.29 is 9.84 Å². The van der Waals surface area contributed by atoms with Crippen LogP contribution in [-0.2, 0) is 6.42 Å². The number of hydrogen-bond donors (Lipinski definition) is 1. The van der Waals surface area contributed by atoms with Gasteiger partial charge in [-0.25, -0.2) is 0 Å². The van der Waals surface area contributed by atoms with E-state index in [9.17, 15) is 5.11 Å². The van der Waals surface area contributed by atoms with E-state index in [1.807, 2.05) is 24.3 Å². The molecule has 0 atom stereocenters. The van der Waals surface area contributed by atoms with E-state index in [1.54, 1.807) is 18.2 Å². The highest BCUT2D eigenvalue weighted by atomic mass is 16.5. The quantitative estimate of drug-likeness (QED) is 0.847. The number of phenolic OH excluding ortho intramolecular Hbond substituents is 1. The van der Waals surface area contributed by atoms with E-state index in [0.29, 0.717) is 12.4 Å². The molecule has 0 spiro atoms. The molecule has 0 aliphatic carbocycles. The van der Waals surface area contributed by atoms with Gasteiger partial charge in [0.25, 0.3) is 0 Å².